The minimum absolute atomic E-state index is 0.000833. The smallest absolute Gasteiger partial charge is 0.374 e. The molecule has 0 bridgehead atoms. The van der Waals surface area contributed by atoms with Gasteiger partial charge in [-0.25, -0.2) is 4.79 Å². The summed E-state index contributed by atoms with van der Waals surface area (Å²) < 4.78 is 21.9. The van der Waals surface area contributed by atoms with E-state index in [9.17, 15) is 9.18 Å². The lowest BCUT2D eigenvalue weighted by molar-refractivity contribution is -0.154. The molecule has 0 radical (unpaired) electrons. The van der Waals surface area contributed by atoms with Crippen LogP contribution in [-0.4, -0.2) is 25.0 Å². The third-order valence-electron chi connectivity index (χ3n) is 1.68. The fourth-order valence-corrected chi connectivity index (χ4v) is 1.02. The molecule has 2 atom stereocenters. The maximum Gasteiger partial charge on any atom is 0.374 e. The van der Waals surface area contributed by atoms with Gasteiger partial charge in [0.05, 0.1) is 7.11 Å². The van der Waals surface area contributed by atoms with Crippen LogP contribution in [0.1, 0.15) is 13.8 Å². The molecule has 0 amide bonds. The molecule has 0 aliphatic carbocycles. The van der Waals surface area contributed by atoms with Gasteiger partial charge in [-0.05, 0) is 5.92 Å². The van der Waals surface area contributed by atoms with Crippen molar-refractivity contribution in [2.24, 2.45) is 5.92 Å². The van der Waals surface area contributed by atoms with Crippen LogP contribution in [0.3, 0.4) is 0 Å². The monoisotopic (exact) mass is 162 g/mol. The van der Waals surface area contributed by atoms with Crippen LogP contribution in [0, 0.1) is 5.92 Å². The number of esters is 1. The van der Waals surface area contributed by atoms with E-state index in [2.05, 4.69) is 9.47 Å². The SMILES string of the molecule is COC(=O)[C@]1(F)O[C@@H]1C(C)C. The number of alkyl halides is 1. The van der Waals surface area contributed by atoms with Gasteiger partial charge in [-0.1, -0.05) is 13.8 Å². The highest BCUT2D eigenvalue weighted by atomic mass is 19.2. The van der Waals surface area contributed by atoms with E-state index >= 15 is 0 Å². The first-order chi connectivity index (χ1) is 5.02. The summed E-state index contributed by atoms with van der Waals surface area (Å²) in [5, 5.41) is 0. The predicted octanol–water partition coefficient (Wildman–Crippen LogP) is 0.880. The molecule has 0 aromatic rings. The Labute approximate surface area is 64.5 Å². The van der Waals surface area contributed by atoms with Crippen molar-refractivity contribution in [3.8, 4) is 0 Å². The maximum absolute atomic E-state index is 13.1. The molecule has 0 aromatic heterocycles. The summed E-state index contributed by atoms with van der Waals surface area (Å²) in [6.45, 7) is 3.57. The van der Waals surface area contributed by atoms with Crippen LogP contribution in [0.4, 0.5) is 4.39 Å². The Morgan fingerprint density at radius 1 is 1.73 bits per heavy atom. The lowest BCUT2D eigenvalue weighted by Gasteiger charge is -2.00. The number of rotatable bonds is 2. The minimum Gasteiger partial charge on any atom is -0.465 e. The number of halogens is 1. The molecule has 4 heteroatoms. The third kappa shape index (κ3) is 1.22. The van der Waals surface area contributed by atoms with E-state index in [4.69, 9.17) is 0 Å². The fourth-order valence-electron chi connectivity index (χ4n) is 1.02. The molecule has 64 valence electrons. The highest BCUT2D eigenvalue weighted by Crippen LogP contribution is 2.43. The summed E-state index contributed by atoms with van der Waals surface area (Å²) in [4.78, 5) is 10.7. The molecule has 0 unspecified atom stereocenters. The van der Waals surface area contributed by atoms with Crippen LogP contribution in [0.2, 0.25) is 0 Å². The number of hydrogen-bond donors (Lipinski definition) is 0. The molecule has 1 heterocycles. The van der Waals surface area contributed by atoms with Crippen molar-refractivity contribution in [1.82, 2.24) is 0 Å². The van der Waals surface area contributed by atoms with E-state index in [0.29, 0.717) is 0 Å². The summed E-state index contributed by atoms with van der Waals surface area (Å²) in [6, 6.07) is 0. The van der Waals surface area contributed by atoms with Crippen LogP contribution in [0.5, 0.6) is 0 Å². The van der Waals surface area contributed by atoms with Gasteiger partial charge in [-0.15, -0.1) is 0 Å². The molecule has 0 N–H and O–H groups in total. The van der Waals surface area contributed by atoms with Gasteiger partial charge >= 0.3 is 11.8 Å². The van der Waals surface area contributed by atoms with Crippen LogP contribution < -0.4 is 0 Å². The molecule has 0 saturated carbocycles. The number of methoxy groups -OCH3 is 1. The van der Waals surface area contributed by atoms with Gasteiger partial charge in [-0.2, -0.15) is 4.39 Å². The van der Waals surface area contributed by atoms with Gasteiger partial charge in [0.1, 0.15) is 6.10 Å². The Morgan fingerprint density at radius 2 is 2.27 bits per heavy atom. The van der Waals surface area contributed by atoms with Crippen molar-refractivity contribution >= 4 is 5.97 Å². The van der Waals surface area contributed by atoms with E-state index in [0.717, 1.165) is 7.11 Å². The van der Waals surface area contributed by atoms with Gasteiger partial charge in [0, 0.05) is 0 Å². The van der Waals surface area contributed by atoms with Gasteiger partial charge in [0.2, 0.25) is 0 Å². The highest BCUT2D eigenvalue weighted by molar-refractivity contribution is 5.81. The molecular weight excluding hydrogens is 151 g/mol. The van der Waals surface area contributed by atoms with Crippen molar-refractivity contribution in [1.29, 1.82) is 0 Å². The normalized spacial score (nSPS) is 35.5. The van der Waals surface area contributed by atoms with Crippen LogP contribution in [-0.2, 0) is 14.3 Å². The zero-order valence-corrected chi connectivity index (χ0v) is 6.76. The lowest BCUT2D eigenvalue weighted by atomic mass is 10.1. The quantitative estimate of drug-likeness (QED) is 0.447. The Bertz CT molecular complexity index is 181. The Kier molecular flexibility index (Phi) is 1.88. The number of ether oxygens (including phenoxy) is 2. The third-order valence-corrected chi connectivity index (χ3v) is 1.68. The Balaban J connectivity index is 2.55. The molecule has 1 aliphatic heterocycles. The number of carbonyl (C=O) groups excluding carboxylic acids is 1. The first-order valence-electron chi connectivity index (χ1n) is 3.47. The summed E-state index contributed by atoms with van der Waals surface area (Å²) in [5.74, 6) is -3.10. The first-order valence-corrected chi connectivity index (χ1v) is 3.47. The molecular formula is C7H11FO3. The molecule has 0 aromatic carbocycles. The van der Waals surface area contributed by atoms with Crippen molar-refractivity contribution in [3.05, 3.63) is 0 Å². The summed E-state index contributed by atoms with van der Waals surface area (Å²) in [5.41, 5.74) is 0. The molecule has 1 fully saturated rings. The maximum atomic E-state index is 13.1. The molecule has 1 aliphatic rings. The second-order valence-electron chi connectivity index (χ2n) is 2.92. The van der Waals surface area contributed by atoms with Gasteiger partial charge in [0.25, 0.3) is 0 Å². The van der Waals surface area contributed by atoms with E-state index in [1.54, 1.807) is 13.8 Å². The van der Waals surface area contributed by atoms with Gasteiger partial charge in [-0.3, -0.25) is 0 Å². The molecule has 3 nitrogen and oxygen atoms in total. The standard InChI is InChI=1S/C7H11FO3/c1-4(2)5-7(8,11-5)6(9)10-3/h4-5H,1-3H3/t5-,7-/m1/s1. The minimum atomic E-state index is -2.16. The van der Waals surface area contributed by atoms with Gasteiger partial charge < -0.3 is 9.47 Å². The summed E-state index contributed by atoms with van der Waals surface area (Å²) >= 11 is 0. The lowest BCUT2D eigenvalue weighted by Crippen LogP contribution is -2.25. The molecule has 1 saturated heterocycles. The summed E-state index contributed by atoms with van der Waals surface area (Å²) in [6.07, 6.45) is -0.630. The van der Waals surface area contributed by atoms with Crippen molar-refractivity contribution < 1.29 is 18.7 Å². The van der Waals surface area contributed by atoms with Crippen molar-refractivity contribution in [2.45, 2.75) is 25.8 Å². The Morgan fingerprint density at radius 3 is 2.55 bits per heavy atom. The van der Waals surface area contributed by atoms with Crippen molar-refractivity contribution in [3.63, 3.8) is 0 Å². The second kappa shape index (κ2) is 2.44. The van der Waals surface area contributed by atoms with Gasteiger partial charge in [0.15, 0.2) is 0 Å². The average Bonchev–Trinajstić information content (AvgIpc) is 2.62. The van der Waals surface area contributed by atoms with E-state index in [-0.39, 0.29) is 5.92 Å². The van der Waals surface area contributed by atoms with Crippen LogP contribution in [0.15, 0.2) is 0 Å². The van der Waals surface area contributed by atoms with E-state index < -0.39 is 17.9 Å². The number of hydrogen-bond acceptors (Lipinski definition) is 3. The van der Waals surface area contributed by atoms with E-state index in [1.807, 2.05) is 0 Å². The first kappa shape index (κ1) is 8.46. The molecule has 0 spiro atoms. The highest BCUT2D eigenvalue weighted by Gasteiger charge is 2.66. The zero-order chi connectivity index (χ0) is 8.65. The van der Waals surface area contributed by atoms with E-state index in [1.165, 1.54) is 0 Å². The second-order valence-corrected chi connectivity index (χ2v) is 2.92. The molecule has 11 heavy (non-hydrogen) atoms. The fraction of sp³-hybridized carbons (Fsp3) is 0.857. The molecule has 1 rings (SSSR count). The summed E-state index contributed by atoms with van der Waals surface area (Å²) in [7, 11) is 1.14. The predicted molar refractivity (Wildman–Crippen MR) is 35.6 cm³/mol. The zero-order valence-electron chi connectivity index (χ0n) is 6.76. The van der Waals surface area contributed by atoms with Crippen LogP contribution in [0.25, 0.3) is 0 Å². The topological polar surface area (TPSA) is 38.8 Å². The average molecular weight is 162 g/mol. The number of epoxide rings is 1. The van der Waals surface area contributed by atoms with Crippen LogP contribution >= 0.6 is 0 Å². The van der Waals surface area contributed by atoms with Crippen molar-refractivity contribution in [2.75, 3.05) is 7.11 Å². The Hall–Kier alpha value is -0.640. The largest absolute Gasteiger partial charge is 0.465 e. The number of carbonyl (C=O) groups is 1.